The minimum Gasteiger partial charge on any atom is -0.237 e. The topological polar surface area (TPSA) is 0 Å². The Bertz CT molecular complexity index is 687. The first-order chi connectivity index (χ1) is 18.8. The van der Waals surface area contributed by atoms with Crippen molar-refractivity contribution in [3.8, 4) is 0 Å². The summed E-state index contributed by atoms with van der Waals surface area (Å²) in [6.07, 6.45) is 3.88. The van der Waals surface area contributed by atoms with E-state index in [0.29, 0.717) is 6.42 Å². The van der Waals surface area contributed by atoms with Gasteiger partial charge < -0.3 is 0 Å². The summed E-state index contributed by atoms with van der Waals surface area (Å²) < 4.78 is 140. The van der Waals surface area contributed by atoms with E-state index in [1.165, 1.54) is 44.9 Å². The van der Waals surface area contributed by atoms with Crippen molar-refractivity contribution in [1.29, 1.82) is 0 Å². The van der Waals surface area contributed by atoms with Crippen LogP contribution in [0.5, 0.6) is 0 Å². The van der Waals surface area contributed by atoms with Crippen molar-refractivity contribution in [2.24, 2.45) is 0 Å². The zero-order chi connectivity index (χ0) is 31.8. The standard InChI is InChI=1S/C27H45Cl3F10Si/c1-2-3-4-5-6-7-8-9-10-11-12-13-14-15-17-20-23(31,21-18-16-19-22-24(32,33)34)25(35,36)26(37,38)27(39,40)41(28,29)30/h2-22H2,1H3. The first-order valence-electron chi connectivity index (χ1n) is 14.7. The van der Waals surface area contributed by atoms with Crippen LogP contribution in [0.2, 0.25) is 0 Å². The molecule has 1 atom stereocenters. The van der Waals surface area contributed by atoms with Crippen LogP contribution in [0.4, 0.5) is 43.9 Å². The van der Waals surface area contributed by atoms with Crippen LogP contribution in [0.25, 0.3) is 0 Å². The van der Waals surface area contributed by atoms with E-state index in [4.69, 9.17) is 33.2 Å². The van der Waals surface area contributed by atoms with Gasteiger partial charge in [0.05, 0.1) is 0 Å². The summed E-state index contributed by atoms with van der Waals surface area (Å²) in [4.78, 5) is 0. The van der Waals surface area contributed by atoms with Gasteiger partial charge >= 0.3 is 29.6 Å². The quantitative estimate of drug-likeness (QED) is 0.0386. The maximum Gasteiger partial charge on any atom is 0.424 e. The summed E-state index contributed by atoms with van der Waals surface area (Å²) >= 11 is 14.9. The van der Waals surface area contributed by atoms with Gasteiger partial charge in [-0.05, 0) is 19.3 Å². The van der Waals surface area contributed by atoms with Crippen LogP contribution in [0.3, 0.4) is 0 Å². The van der Waals surface area contributed by atoms with Crippen molar-refractivity contribution >= 4 is 39.2 Å². The van der Waals surface area contributed by atoms with Crippen LogP contribution in [0.15, 0.2) is 0 Å². The van der Waals surface area contributed by atoms with Gasteiger partial charge in [-0.15, -0.1) is 33.2 Å². The van der Waals surface area contributed by atoms with E-state index >= 15 is 4.39 Å². The zero-order valence-electron chi connectivity index (χ0n) is 23.8. The van der Waals surface area contributed by atoms with Crippen molar-refractivity contribution in [3.05, 3.63) is 0 Å². The van der Waals surface area contributed by atoms with Gasteiger partial charge in [-0.1, -0.05) is 116 Å². The van der Waals surface area contributed by atoms with Crippen LogP contribution in [-0.2, 0) is 0 Å². The molecule has 0 rings (SSSR count). The Morgan fingerprint density at radius 2 is 0.707 bits per heavy atom. The van der Waals surface area contributed by atoms with Crippen LogP contribution in [0.1, 0.15) is 142 Å². The normalized spacial score (nSPS) is 15.4. The highest BCUT2D eigenvalue weighted by Crippen LogP contribution is 2.59. The molecule has 0 heterocycles. The van der Waals surface area contributed by atoms with Gasteiger partial charge in [-0.3, -0.25) is 0 Å². The Labute approximate surface area is 253 Å². The van der Waals surface area contributed by atoms with Crippen molar-refractivity contribution < 1.29 is 43.9 Å². The Morgan fingerprint density at radius 1 is 0.415 bits per heavy atom. The van der Waals surface area contributed by atoms with Crippen molar-refractivity contribution in [2.75, 3.05) is 0 Å². The lowest BCUT2D eigenvalue weighted by atomic mass is 9.82. The maximum absolute atomic E-state index is 15.6. The lowest BCUT2D eigenvalue weighted by Gasteiger charge is -2.42. The van der Waals surface area contributed by atoms with E-state index in [2.05, 4.69) is 6.92 Å². The molecular weight excluding hydrogens is 649 g/mol. The number of halogens is 13. The van der Waals surface area contributed by atoms with Crippen LogP contribution in [0, 0.1) is 0 Å². The monoisotopic (exact) mass is 692 g/mol. The molecule has 0 amide bonds. The van der Waals surface area contributed by atoms with Gasteiger partial charge in [-0.25, -0.2) is 4.39 Å². The summed E-state index contributed by atoms with van der Waals surface area (Å²) in [6, 6.07) is -5.79. The van der Waals surface area contributed by atoms with E-state index in [0.717, 1.165) is 32.1 Å². The molecule has 0 aromatic rings. The fourth-order valence-corrected chi connectivity index (χ4v) is 6.36. The fraction of sp³-hybridized carbons (Fsp3) is 1.00. The van der Waals surface area contributed by atoms with Crippen LogP contribution < -0.4 is 0 Å². The third kappa shape index (κ3) is 14.4. The van der Waals surface area contributed by atoms with Crippen molar-refractivity contribution in [3.63, 3.8) is 0 Å². The smallest absolute Gasteiger partial charge is 0.237 e. The third-order valence-electron chi connectivity index (χ3n) is 7.42. The molecule has 41 heavy (non-hydrogen) atoms. The second-order valence-electron chi connectivity index (χ2n) is 11.1. The summed E-state index contributed by atoms with van der Waals surface area (Å²) in [5.74, 6) is -12.3. The molecule has 0 aromatic heterocycles. The number of hydrogen-bond donors (Lipinski definition) is 0. The summed E-state index contributed by atoms with van der Waals surface area (Å²) in [7, 11) is 0. The minimum absolute atomic E-state index is 0.203. The molecule has 0 aliphatic heterocycles. The van der Waals surface area contributed by atoms with Crippen molar-refractivity contribution in [2.45, 2.75) is 171 Å². The van der Waals surface area contributed by atoms with E-state index in [1.807, 2.05) is 0 Å². The largest absolute Gasteiger partial charge is 0.424 e. The number of unbranched alkanes of at least 4 members (excludes halogenated alkanes) is 16. The predicted molar refractivity (Wildman–Crippen MR) is 151 cm³/mol. The van der Waals surface area contributed by atoms with Gasteiger partial charge in [0.1, 0.15) is 0 Å². The molecule has 0 spiro atoms. The molecule has 0 nitrogen and oxygen atoms in total. The molecule has 14 heteroatoms. The molecule has 0 aromatic carbocycles. The first-order valence-corrected chi connectivity index (χ1v) is 19.8. The van der Waals surface area contributed by atoms with E-state index in [1.54, 1.807) is 0 Å². The second-order valence-corrected chi connectivity index (χ2v) is 19.5. The van der Waals surface area contributed by atoms with Crippen molar-refractivity contribution in [1.82, 2.24) is 0 Å². The Hall–Kier alpha value is 0.387. The van der Waals surface area contributed by atoms with Crippen LogP contribution in [-0.4, -0.2) is 35.2 Å². The minimum atomic E-state index is -6.33. The predicted octanol–water partition coefficient (Wildman–Crippen LogP) is 13.6. The lowest BCUT2D eigenvalue weighted by Crippen LogP contribution is -2.68. The molecule has 0 bridgehead atoms. The van der Waals surface area contributed by atoms with Gasteiger partial charge in [0, 0.05) is 6.42 Å². The Kier molecular flexibility index (Phi) is 19.2. The van der Waals surface area contributed by atoms with E-state index < -0.39 is 73.8 Å². The zero-order valence-corrected chi connectivity index (χ0v) is 27.0. The lowest BCUT2D eigenvalue weighted by molar-refractivity contribution is -0.325. The number of alkyl halides is 10. The van der Waals surface area contributed by atoms with Gasteiger partial charge in [-0.2, -0.15) is 39.5 Å². The third-order valence-corrected chi connectivity index (χ3v) is 10.6. The van der Waals surface area contributed by atoms with Gasteiger partial charge in [0.25, 0.3) is 0 Å². The summed E-state index contributed by atoms with van der Waals surface area (Å²) in [6.45, 7) is 2.17. The molecule has 0 aliphatic rings. The Balaban J connectivity index is 4.86. The van der Waals surface area contributed by atoms with E-state index in [-0.39, 0.29) is 12.8 Å². The highest BCUT2D eigenvalue weighted by Gasteiger charge is 2.83. The number of rotatable bonds is 25. The molecule has 0 saturated heterocycles. The Morgan fingerprint density at radius 3 is 1.02 bits per heavy atom. The van der Waals surface area contributed by atoms with Gasteiger partial charge in [0.2, 0.25) is 0 Å². The summed E-state index contributed by atoms with van der Waals surface area (Å²) in [5, 5.41) is 0. The average molecular weight is 694 g/mol. The summed E-state index contributed by atoms with van der Waals surface area (Å²) in [5.41, 5.74) is -9.92. The SMILES string of the molecule is CCCCCCCCCCCCCCCCCC(F)(CCCCCC(F)(F)F)C(F)(F)C(F)(F)C(F)(F)[Si](Cl)(Cl)Cl. The van der Waals surface area contributed by atoms with Crippen LogP contribution >= 0.6 is 33.2 Å². The maximum atomic E-state index is 15.6. The highest BCUT2D eigenvalue weighted by molar-refractivity contribution is 7.65. The second kappa shape index (κ2) is 19.0. The average Bonchev–Trinajstić information content (AvgIpc) is 2.84. The molecular formula is C27H45Cl3F10Si. The first kappa shape index (κ1) is 41.4. The molecule has 0 aliphatic carbocycles. The van der Waals surface area contributed by atoms with Gasteiger partial charge in [0.15, 0.2) is 5.67 Å². The number of hydrogen-bond acceptors (Lipinski definition) is 0. The molecule has 0 N–H and O–H groups in total. The molecule has 0 fully saturated rings. The molecule has 0 radical (unpaired) electrons. The fourth-order valence-electron chi connectivity index (χ4n) is 4.78. The molecule has 248 valence electrons. The molecule has 1 unspecified atom stereocenters. The van der Waals surface area contributed by atoms with E-state index in [9.17, 15) is 39.5 Å². The molecule has 0 saturated carbocycles. The highest BCUT2D eigenvalue weighted by atomic mass is 35.8.